The molecule has 1 unspecified atom stereocenters. The average Bonchev–Trinajstić information content (AvgIpc) is 3.11. The quantitative estimate of drug-likeness (QED) is 0.828. The van der Waals surface area contributed by atoms with E-state index in [0.717, 1.165) is 30.8 Å². The maximum atomic E-state index is 11.1. The van der Waals surface area contributed by atoms with Gasteiger partial charge in [0.1, 0.15) is 6.04 Å². The van der Waals surface area contributed by atoms with Gasteiger partial charge in [-0.1, -0.05) is 11.6 Å². The minimum atomic E-state index is -0.784. The second kappa shape index (κ2) is 5.28. The van der Waals surface area contributed by atoms with Gasteiger partial charge in [0.25, 0.3) is 0 Å². The predicted octanol–water partition coefficient (Wildman–Crippen LogP) is 1.82. The van der Waals surface area contributed by atoms with Gasteiger partial charge >= 0.3 is 5.97 Å². The lowest BCUT2D eigenvalue weighted by molar-refractivity contribution is -0.140. The molecule has 18 heavy (non-hydrogen) atoms. The van der Waals surface area contributed by atoms with Gasteiger partial charge in [-0.2, -0.15) is 5.10 Å². The van der Waals surface area contributed by atoms with E-state index in [2.05, 4.69) is 10.4 Å². The Labute approximate surface area is 111 Å². The molecule has 1 aliphatic carbocycles. The Morgan fingerprint density at radius 2 is 2.33 bits per heavy atom. The van der Waals surface area contributed by atoms with Crippen molar-refractivity contribution in [2.24, 2.45) is 5.92 Å². The molecule has 1 aromatic rings. The molecular formula is C12H18ClN3O2. The largest absolute Gasteiger partial charge is 0.480 e. The molecule has 1 saturated carbocycles. The van der Waals surface area contributed by atoms with E-state index in [1.54, 1.807) is 0 Å². The third-order valence-electron chi connectivity index (χ3n) is 3.30. The normalized spacial score (nSPS) is 16.8. The van der Waals surface area contributed by atoms with Crippen LogP contribution in [0.15, 0.2) is 0 Å². The first-order valence-corrected chi connectivity index (χ1v) is 6.60. The van der Waals surface area contributed by atoms with Gasteiger partial charge in [0, 0.05) is 13.1 Å². The van der Waals surface area contributed by atoms with E-state index < -0.39 is 12.0 Å². The lowest BCUT2D eigenvalue weighted by Crippen LogP contribution is -2.38. The Morgan fingerprint density at radius 3 is 2.83 bits per heavy atom. The topological polar surface area (TPSA) is 67.2 Å². The number of hydrogen-bond donors (Lipinski definition) is 2. The Morgan fingerprint density at radius 1 is 1.67 bits per heavy atom. The van der Waals surface area contributed by atoms with Crippen LogP contribution in [0.25, 0.3) is 0 Å². The van der Waals surface area contributed by atoms with Crippen LogP contribution < -0.4 is 5.32 Å². The second-order valence-corrected chi connectivity index (χ2v) is 5.07. The summed E-state index contributed by atoms with van der Waals surface area (Å²) in [5, 5.41) is 17.2. The number of carbonyl (C=O) groups is 1. The number of nitrogens with zero attached hydrogens (tertiary/aromatic N) is 2. The molecule has 1 aliphatic rings. The zero-order valence-electron chi connectivity index (χ0n) is 10.6. The third-order valence-corrected chi connectivity index (χ3v) is 3.79. The third kappa shape index (κ3) is 2.67. The lowest BCUT2D eigenvalue weighted by atomic mass is 10.2. The highest BCUT2D eigenvalue weighted by molar-refractivity contribution is 6.31. The molecule has 5 nitrogen and oxygen atoms in total. The summed E-state index contributed by atoms with van der Waals surface area (Å²) in [6.45, 7) is 5.02. The number of nitrogens with one attached hydrogen (secondary N) is 1. The van der Waals surface area contributed by atoms with Gasteiger partial charge in [-0.05, 0) is 32.6 Å². The lowest BCUT2D eigenvalue weighted by Gasteiger charge is -2.14. The van der Waals surface area contributed by atoms with Crippen molar-refractivity contribution in [1.29, 1.82) is 0 Å². The zero-order chi connectivity index (χ0) is 13.3. The molecule has 6 heteroatoms. The maximum Gasteiger partial charge on any atom is 0.320 e. The molecule has 0 radical (unpaired) electrons. The van der Waals surface area contributed by atoms with Crippen molar-refractivity contribution in [2.45, 2.75) is 45.8 Å². The van der Waals surface area contributed by atoms with Crippen LogP contribution in [0.4, 0.5) is 0 Å². The minimum absolute atomic E-state index is 0.264. The van der Waals surface area contributed by atoms with Gasteiger partial charge in [-0.15, -0.1) is 0 Å². The second-order valence-electron chi connectivity index (χ2n) is 4.70. The van der Waals surface area contributed by atoms with E-state index in [-0.39, 0.29) is 5.92 Å². The molecule has 0 spiro atoms. The standard InChI is InChI=1S/C12H18ClN3O2/c1-3-16-9(10(13)7(2)15-16)6-14-11(12(17)18)8-4-5-8/h8,11,14H,3-6H2,1-2H3,(H,17,18). The van der Waals surface area contributed by atoms with Crippen LogP contribution in [0.2, 0.25) is 5.02 Å². The van der Waals surface area contributed by atoms with Crippen molar-refractivity contribution in [1.82, 2.24) is 15.1 Å². The molecule has 100 valence electrons. The number of hydrogen-bond acceptors (Lipinski definition) is 3. The summed E-state index contributed by atoms with van der Waals surface area (Å²) in [6.07, 6.45) is 1.98. The maximum absolute atomic E-state index is 11.1. The molecule has 2 rings (SSSR count). The fourth-order valence-corrected chi connectivity index (χ4v) is 2.33. The van der Waals surface area contributed by atoms with Gasteiger partial charge < -0.3 is 5.11 Å². The van der Waals surface area contributed by atoms with Crippen LogP contribution in [0.3, 0.4) is 0 Å². The van der Waals surface area contributed by atoms with Crippen molar-refractivity contribution >= 4 is 17.6 Å². The highest BCUT2D eigenvalue weighted by atomic mass is 35.5. The van der Waals surface area contributed by atoms with E-state index in [9.17, 15) is 4.79 Å². The van der Waals surface area contributed by atoms with Crippen LogP contribution in [0.1, 0.15) is 31.2 Å². The Kier molecular flexibility index (Phi) is 3.92. The molecule has 1 aromatic heterocycles. The van der Waals surface area contributed by atoms with E-state index >= 15 is 0 Å². The van der Waals surface area contributed by atoms with Crippen molar-refractivity contribution in [3.8, 4) is 0 Å². The SMILES string of the molecule is CCn1nc(C)c(Cl)c1CNC(C(=O)O)C1CC1. The number of aliphatic carboxylic acids is 1. The van der Waals surface area contributed by atoms with Crippen molar-refractivity contribution in [3.05, 3.63) is 16.4 Å². The van der Waals surface area contributed by atoms with E-state index in [4.69, 9.17) is 16.7 Å². The number of aromatic nitrogens is 2. The van der Waals surface area contributed by atoms with Crippen LogP contribution in [-0.4, -0.2) is 26.9 Å². The summed E-state index contributed by atoms with van der Waals surface area (Å²) in [5.41, 5.74) is 1.65. The first kappa shape index (κ1) is 13.4. The molecular weight excluding hydrogens is 254 g/mol. The van der Waals surface area contributed by atoms with Crippen LogP contribution in [0, 0.1) is 12.8 Å². The number of aryl methyl sites for hydroxylation is 2. The van der Waals surface area contributed by atoms with E-state index in [0.29, 0.717) is 11.6 Å². The van der Waals surface area contributed by atoms with Crippen LogP contribution in [0.5, 0.6) is 0 Å². The first-order chi connectivity index (χ1) is 8.54. The molecule has 0 aliphatic heterocycles. The average molecular weight is 272 g/mol. The highest BCUT2D eigenvalue weighted by Crippen LogP contribution is 2.33. The van der Waals surface area contributed by atoms with Crippen molar-refractivity contribution in [3.63, 3.8) is 0 Å². The molecule has 1 fully saturated rings. The fourth-order valence-electron chi connectivity index (χ4n) is 2.13. The summed E-state index contributed by atoms with van der Waals surface area (Å²) < 4.78 is 1.82. The Balaban J connectivity index is 2.06. The monoisotopic (exact) mass is 271 g/mol. The minimum Gasteiger partial charge on any atom is -0.480 e. The number of carboxylic acid groups (broad SMARTS) is 1. The molecule has 0 bridgehead atoms. The summed E-state index contributed by atoms with van der Waals surface area (Å²) in [4.78, 5) is 11.1. The zero-order valence-corrected chi connectivity index (χ0v) is 11.4. The summed E-state index contributed by atoms with van der Waals surface area (Å²) in [5.74, 6) is -0.520. The molecule has 1 atom stereocenters. The van der Waals surface area contributed by atoms with Gasteiger partial charge in [-0.3, -0.25) is 14.8 Å². The van der Waals surface area contributed by atoms with E-state index in [1.807, 2.05) is 18.5 Å². The number of rotatable bonds is 6. The summed E-state index contributed by atoms with van der Waals surface area (Å²) in [6, 6.07) is -0.471. The van der Waals surface area contributed by atoms with Gasteiger partial charge in [-0.25, -0.2) is 0 Å². The predicted molar refractivity (Wildman–Crippen MR) is 68.6 cm³/mol. The van der Waals surface area contributed by atoms with Gasteiger partial charge in [0.05, 0.1) is 16.4 Å². The van der Waals surface area contributed by atoms with Crippen molar-refractivity contribution < 1.29 is 9.90 Å². The number of halogens is 1. The van der Waals surface area contributed by atoms with Crippen LogP contribution >= 0.6 is 11.6 Å². The molecule has 0 saturated heterocycles. The van der Waals surface area contributed by atoms with Crippen molar-refractivity contribution in [2.75, 3.05) is 0 Å². The summed E-state index contributed by atoms with van der Waals surface area (Å²) in [7, 11) is 0. The Bertz CT molecular complexity index is 454. The Hall–Kier alpha value is -1.07. The fraction of sp³-hybridized carbons (Fsp3) is 0.667. The first-order valence-electron chi connectivity index (χ1n) is 6.22. The smallest absolute Gasteiger partial charge is 0.320 e. The number of carboxylic acids is 1. The van der Waals surface area contributed by atoms with Gasteiger partial charge in [0.2, 0.25) is 0 Å². The highest BCUT2D eigenvalue weighted by Gasteiger charge is 2.36. The van der Waals surface area contributed by atoms with Gasteiger partial charge in [0.15, 0.2) is 0 Å². The van der Waals surface area contributed by atoms with E-state index in [1.165, 1.54) is 0 Å². The molecule has 2 N–H and O–H groups in total. The molecule has 0 amide bonds. The molecule has 0 aromatic carbocycles. The van der Waals surface area contributed by atoms with Crippen LogP contribution in [-0.2, 0) is 17.9 Å². The molecule has 1 heterocycles. The summed E-state index contributed by atoms with van der Waals surface area (Å²) >= 11 is 6.18.